The molecular formula is C15H12BrN3O4. The highest BCUT2D eigenvalue weighted by Gasteiger charge is 2.10. The average molecular weight is 378 g/mol. The Morgan fingerprint density at radius 3 is 2.78 bits per heavy atom. The molecule has 0 aromatic heterocycles. The first-order valence-electron chi connectivity index (χ1n) is 6.42. The van der Waals surface area contributed by atoms with Gasteiger partial charge < -0.3 is 4.74 Å². The van der Waals surface area contributed by atoms with Crippen LogP contribution in [0.2, 0.25) is 0 Å². The lowest BCUT2D eigenvalue weighted by Gasteiger charge is -2.03. The maximum Gasteiger partial charge on any atom is 0.271 e. The molecule has 0 saturated heterocycles. The van der Waals surface area contributed by atoms with E-state index in [1.54, 1.807) is 25.3 Å². The fraction of sp³-hybridized carbons (Fsp3) is 0.0667. The lowest BCUT2D eigenvalue weighted by molar-refractivity contribution is -0.384. The van der Waals surface area contributed by atoms with Crippen molar-refractivity contribution in [3.8, 4) is 5.75 Å². The van der Waals surface area contributed by atoms with Crippen molar-refractivity contribution < 1.29 is 14.5 Å². The molecule has 0 aliphatic heterocycles. The Morgan fingerprint density at radius 1 is 1.35 bits per heavy atom. The largest absolute Gasteiger partial charge is 0.496 e. The van der Waals surface area contributed by atoms with Gasteiger partial charge in [-0.2, -0.15) is 5.10 Å². The van der Waals surface area contributed by atoms with E-state index < -0.39 is 10.8 Å². The van der Waals surface area contributed by atoms with Crippen LogP contribution in [0.3, 0.4) is 0 Å². The molecular weight excluding hydrogens is 366 g/mol. The van der Waals surface area contributed by atoms with Gasteiger partial charge in [0.25, 0.3) is 11.6 Å². The SMILES string of the molecule is COc1ccc(/C=N\NC(=O)c2cccc([N+](=O)[O-])c2)cc1Br. The van der Waals surface area contributed by atoms with Crippen LogP contribution < -0.4 is 10.2 Å². The topological polar surface area (TPSA) is 93.8 Å². The molecule has 2 aromatic carbocycles. The first kappa shape index (κ1) is 16.6. The number of non-ortho nitro benzene ring substituents is 1. The second-order valence-corrected chi connectivity index (χ2v) is 5.25. The van der Waals surface area contributed by atoms with Gasteiger partial charge in [0.05, 0.1) is 22.7 Å². The Balaban J connectivity index is 2.05. The van der Waals surface area contributed by atoms with Gasteiger partial charge in [0.2, 0.25) is 0 Å². The van der Waals surface area contributed by atoms with Gasteiger partial charge >= 0.3 is 0 Å². The number of rotatable bonds is 5. The second-order valence-electron chi connectivity index (χ2n) is 4.40. The van der Waals surface area contributed by atoms with Gasteiger partial charge in [-0.3, -0.25) is 14.9 Å². The van der Waals surface area contributed by atoms with Gasteiger partial charge in [0.1, 0.15) is 5.75 Å². The molecule has 8 heteroatoms. The molecule has 0 spiro atoms. The van der Waals surface area contributed by atoms with Crippen LogP contribution in [-0.4, -0.2) is 24.2 Å². The first-order chi connectivity index (χ1) is 11.0. The number of carbonyl (C=O) groups is 1. The van der Waals surface area contributed by atoms with E-state index in [1.807, 2.05) is 0 Å². The number of ether oxygens (including phenoxy) is 1. The minimum atomic E-state index is -0.561. The molecule has 23 heavy (non-hydrogen) atoms. The minimum absolute atomic E-state index is 0.152. The molecule has 1 N–H and O–H groups in total. The summed E-state index contributed by atoms with van der Waals surface area (Å²) < 4.78 is 5.87. The third-order valence-corrected chi connectivity index (χ3v) is 3.49. The summed E-state index contributed by atoms with van der Waals surface area (Å²) in [7, 11) is 1.56. The van der Waals surface area contributed by atoms with Gasteiger partial charge in [-0.05, 0) is 45.8 Å². The van der Waals surface area contributed by atoms with Crippen LogP contribution in [0, 0.1) is 10.1 Å². The summed E-state index contributed by atoms with van der Waals surface area (Å²) in [6.45, 7) is 0. The molecule has 0 bridgehead atoms. The highest BCUT2D eigenvalue weighted by Crippen LogP contribution is 2.24. The maximum absolute atomic E-state index is 11.9. The first-order valence-corrected chi connectivity index (χ1v) is 7.22. The summed E-state index contributed by atoms with van der Waals surface area (Å²) in [5, 5.41) is 14.5. The number of nitro benzene ring substituents is 1. The van der Waals surface area contributed by atoms with Crippen molar-refractivity contribution >= 4 is 33.7 Å². The van der Waals surface area contributed by atoms with E-state index in [0.29, 0.717) is 5.75 Å². The quantitative estimate of drug-likeness (QED) is 0.491. The van der Waals surface area contributed by atoms with E-state index in [1.165, 1.54) is 30.5 Å². The Labute approximate surface area is 140 Å². The van der Waals surface area contributed by atoms with Gasteiger partial charge in [-0.1, -0.05) is 6.07 Å². The van der Waals surface area contributed by atoms with E-state index in [2.05, 4.69) is 26.5 Å². The molecule has 2 aromatic rings. The van der Waals surface area contributed by atoms with Crippen molar-refractivity contribution in [1.29, 1.82) is 0 Å². The highest BCUT2D eigenvalue weighted by atomic mass is 79.9. The van der Waals surface area contributed by atoms with E-state index >= 15 is 0 Å². The van der Waals surface area contributed by atoms with Crippen LogP contribution in [0.1, 0.15) is 15.9 Å². The number of methoxy groups -OCH3 is 1. The summed E-state index contributed by atoms with van der Waals surface area (Å²) in [6, 6.07) is 10.7. The molecule has 118 valence electrons. The van der Waals surface area contributed by atoms with Crippen molar-refractivity contribution in [3.63, 3.8) is 0 Å². The number of carbonyl (C=O) groups excluding carboxylic acids is 1. The van der Waals surface area contributed by atoms with E-state index in [0.717, 1.165) is 10.0 Å². The van der Waals surface area contributed by atoms with Crippen molar-refractivity contribution in [3.05, 3.63) is 68.2 Å². The van der Waals surface area contributed by atoms with Crippen molar-refractivity contribution in [2.75, 3.05) is 7.11 Å². The fourth-order valence-electron chi connectivity index (χ4n) is 1.75. The summed E-state index contributed by atoms with van der Waals surface area (Å²) in [4.78, 5) is 22.0. The Kier molecular flexibility index (Phi) is 5.42. The zero-order valence-corrected chi connectivity index (χ0v) is 13.6. The number of nitro groups is 1. The standard InChI is InChI=1S/C15H12BrN3O4/c1-23-14-6-5-10(7-13(14)16)9-17-18-15(20)11-3-2-4-12(8-11)19(21)22/h2-9H,1H3,(H,18,20)/b17-9-. The van der Waals surface area contributed by atoms with E-state index in [9.17, 15) is 14.9 Å². The van der Waals surface area contributed by atoms with Crippen LogP contribution in [-0.2, 0) is 0 Å². The number of hydrazone groups is 1. The van der Waals surface area contributed by atoms with Gasteiger partial charge in [-0.25, -0.2) is 5.43 Å². The summed E-state index contributed by atoms with van der Waals surface area (Å²) >= 11 is 3.35. The molecule has 0 radical (unpaired) electrons. The zero-order chi connectivity index (χ0) is 16.8. The number of nitrogens with one attached hydrogen (secondary N) is 1. The molecule has 0 atom stereocenters. The van der Waals surface area contributed by atoms with E-state index in [-0.39, 0.29) is 11.3 Å². The number of nitrogens with zero attached hydrogens (tertiary/aromatic N) is 2. The van der Waals surface area contributed by atoms with Crippen LogP contribution in [0.5, 0.6) is 5.75 Å². The van der Waals surface area contributed by atoms with Gasteiger partial charge in [0.15, 0.2) is 0 Å². The third-order valence-electron chi connectivity index (χ3n) is 2.87. The Morgan fingerprint density at radius 2 is 2.13 bits per heavy atom. The molecule has 0 saturated carbocycles. The maximum atomic E-state index is 11.9. The predicted molar refractivity (Wildman–Crippen MR) is 88.9 cm³/mol. The summed E-state index contributed by atoms with van der Waals surface area (Å²) in [5.41, 5.74) is 3.08. The smallest absolute Gasteiger partial charge is 0.271 e. The average Bonchev–Trinajstić information content (AvgIpc) is 2.55. The lowest BCUT2D eigenvalue weighted by atomic mass is 10.2. The van der Waals surface area contributed by atoms with Crippen LogP contribution in [0.15, 0.2) is 52.0 Å². The van der Waals surface area contributed by atoms with Crippen molar-refractivity contribution in [2.24, 2.45) is 5.10 Å². The molecule has 0 fully saturated rings. The second kappa shape index (κ2) is 7.50. The van der Waals surface area contributed by atoms with Gasteiger partial charge in [0, 0.05) is 17.7 Å². The molecule has 1 amide bonds. The number of halogens is 1. The zero-order valence-electron chi connectivity index (χ0n) is 12.0. The fourth-order valence-corrected chi connectivity index (χ4v) is 2.31. The van der Waals surface area contributed by atoms with E-state index in [4.69, 9.17) is 4.74 Å². The molecule has 0 unspecified atom stereocenters. The Bertz CT molecular complexity index is 777. The normalized spacial score (nSPS) is 10.5. The van der Waals surface area contributed by atoms with Crippen molar-refractivity contribution in [1.82, 2.24) is 5.43 Å². The molecule has 2 rings (SSSR count). The lowest BCUT2D eigenvalue weighted by Crippen LogP contribution is -2.17. The van der Waals surface area contributed by atoms with Gasteiger partial charge in [-0.15, -0.1) is 0 Å². The Hall–Kier alpha value is -2.74. The molecule has 0 heterocycles. The summed E-state index contributed by atoms with van der Waals surface area (Å²) in [5.74, 6) is 0.153. The minimum Gasteiger partial charge on any atom is -0.496 e. The van der Waals surface area contributed by atoms with Crippen molar-refractivity contribution in [2.45, 2.75) is 0 Å². The molecule has 7 nitrogen and oxygen atoms in total. The van der Waals surface area contributed by atoms with Crippen LogP contribution >= 0.6 is 15.9 Å². The monoisotopic (exact) mass is 377 g/mol. The third kappa shape index (κ3) is 4.36. The molecule has 0 aliphatic carbocycles. The number of hydrogen-bond acceptors (Lipinski definition) is 5. The highest BCUT2D eigenvalue weighted by molar-refractivity contribution is 9.10. The number of amides is 1. The van der Waals surface area contributed by atoms with Crippen LogP contribution in [0.25, 0.3) is 0 Å². The molecule has 0 aliphatic rings. The number of hydrogen-bond donors (Lipinski definition) is 1. The van der Waals surface area contributed by atoms with Crippen LogP contribution in [0.4, 0.5) is 5.69 Å². The summed E-state index contributed by atoms with van der Waals surface area (Å²) in [6.07, 6.45) is 1.46. The predicted octanol–water partition coefficient (Wildman–Crippen LogP) is 3.13. The number of benzene rings is 2.